The van der Waals surface area contributed by atoms with Crippen molar-refractivity contribution >= 4 is 11.9 Å². The van der Waals surface area contributed by atoms with Gasteiger partial charge in [0, 0.05) is 25.6 Å². The normalized spacial score (nSPS) is 15.3. The Labute approximate surface area is 161 Å². The highest BCUT2D eigenvalue weighted by Gasteiger charge is 2.26. The maximum absolute atomic E-state index is 12.2. The van der Waals surface area contributed by atoms with E-state index < -0.39 is 6.10 Å². The number of ether oxygens (including phenoxy) is 3. The van der Waals surface area contributed by atoms with E-state index in [-0.39, 0.29) is 11.9 Å². The van der Waals surface area contributed by atoms with Gasteiger partial charge in [0.2, 0.25) is 5.91 Å². The minimum absolute atomic E-state index is 0.124. The molecule has 0 spiro atoms. The molecule has 1 aliphatic rings. The highest BCUT2D eigenvalue weighted by Crippen LogP contribution is 2.21. The number of esters is 1. The quantitative estimate of drug-likeness (QED) is 0.589. The molecule has 27 heavy (non-hydrogen) atoms. The van der Waals surface area contributed by atoms with E-state index in [9.17, 15) is 9.59 Å². The van der Waals surface area contributed by atoms with Crippen molar-refractivity contribution in [2.75, 3.05) is 33.4 Å². The number of carbonyl (C=O) groups excluding carboxylic acids is 2. The van der Waals surface area contributed by atoms with Crippen LogP contribution in [0.3, 0.4) is 0 Å². The second-order valence-electron chi connectivity index (χ2n) is 6.51. The van der Waals surface area contributed by atoms with Crippen LogP contribution < -0.4 is 4.74 Å². The standard InChI is InChI=1S/C21H29NO5/c1-5-18-15(3)14-22(20(18)23)11-12-27-17-9-7-16(8-10-17)13-19(25-4)21(24)26-6-2/h7-10,19H,5-6,11-14H2,1-4H3. The van der Waals surface area contributed by atoms with Crippen molar-refractivity contribution < 1.29 is 23.8 Å². The summed E-state index contributed by atoms with van der Waals surface area (Å²) in [4.78, 5) is 25.9. The summed E-state index contributed by atoms with van der Waals surface area (Å²) in [6, 6.07) is 7.53. The minimum Gasteiger partial charge on any atom is -0.492 e. The number of amides is 1. The maximum Gasteiger partial charge on any atom is 0.335 e. The summed E-state index contributed by atoms with van der Waals surface area (Å²) >= 11 is 0. The Hall–Kier alpha value is -2.34. The lowest BCUT2D eigenvalue weighted by Crippen LogP contribution is -2.31. The van der Waals surface area contributed by atoms with Crippen LogP contribution in [0.4, 0.5) is 0 Å². The largest absolute Gasteiger partial charge is 0.492 e. The molecule has 0 aromatic heterocycles. The van der Waals surface area contributed by atoms with Crippen molar-refractivity contribution in [3.8, 4) is 5.75 Å². The highest BCUT2D eigenvalue weighted by molar-refractivity contribution is 5.96. The number of nitrogens with zero attached hydrogens (tertiary/aromatic N) is 1. The average molecular weight is 375 g/mol. The molecule has 6 nitrogen and oxygen atoms in total. The number of hydrogen-bond acceptors (Lipinski definition) is 5. The monoisotopic (exact) mass is 375 g/mol. The van der Waals surface area contributed by atoms with Crippen LogP contribution in [-0.2, 0) is 25.5 Å². The molecule has 1 unspecified atom stereocenters. The van der Waals surface area contributed by atoms with Crippen molar-refractivity contribution in [1.29, 1.82) is 0 Å². The summed E-state index contributed by atoms with van der Waals surface area (Å²) in [6.45, 7) is 7.83. The number of rotatable bonds is 10. The Bertz CT molecular complexity index is 680. The molecule has 2 rings (SSSR count). The van der Waals surface area contributed by atoms with E-state index in [1.807, 2.05) is 43.0 Å². The van der Waals surface area contributed by atoms with Gasteiger partial charge in [-0.3, -0.25) is 4.79 Å². The fourth-order valence-corrected chi connectivity index (χ4v) is 3.17. The van der Waals surface area contributed by atoms with Crippen LogP contribution in [0.15, 0.2) is 35.4 Å². The summed E-state index contributed by atoms with van der Waals surface area (Å²) in [5, 5.41) is 0. The third-order valence-corrected chi connectivity index (χ3v) is 4.65. The minimum atomic E-state index is -0.610. The van der Waals surface area contributed by atoms with Gasteiger partial charge in [-0.05, 0) is 43.5 Å². The molecule has 1 atom stereocenters. The summed E-state index contributed by atoms with van der Waals surface area (Å²) in [6.07, 6.45) is 0.613. The van der Waals surface area contributed by atoms with Gasteiger partial charge in [0.15, 0.2) is 6.10 Å². The zero-order chi connectivity index (χ0) is 19.8. The summed E-state index contributed by atoms with van der Waals surface area (Å²) in [7, 11) is 1.50. The average Bonchev–Trinajstić information content (AvgIpc) is 2.94. The van der Waals surface area contributed by atoms with E-state index >= 15 is 0 Å². The predicted molar refractivity (Wildman–Crippen MR) is 103 cm³/mol. The Morgan fingerprint density at radius 3 is 2.48 bits per heavy atom. The molecule has 0 fully saturated rings. The Kier molecular flexibility index (Phi) is 7.85. The van der Waals surface area contributed by atoms with Gasteiger partial charge in [-0.2, -0.15) is 0 Å². The number of carbonyl (C=O) groups is 2. The van der Waals surface area contributed by atoms with E-state index in [0.717, 1.165) is 28.9 Å². The van der Waals surface area contributed by atoms with Gasteiger partial charge >= 0.3 is 5.97 Å². The lowest BCUT2D eigenvalue weighted by Gasteiger charge is -2.17. The molecule has 0 N–H and O–H groups in total. The predicted octanol–water partition coefficient (Wildman–Crippen LogP) is 2.75. The van der Waals surface area contributed by atoms with Gasteiger partial charge in [0.05, 0.1) is 13.2 Å². The Balaban J connectivity index is 1.81. The molecule has 0 bridgehead atoms. The third kappa shape index (κ3) is 5.57. The molecular weight excluding hydrogens is 346 g/mol. The van der Waals surface area contributed by atoms with E-state index in [4.69, 9.17) is 14.2 Å². The van der Waals surface area contributed by atoms with Crippen molar-refractivity contribution in [3.63, 3.8) is 0 Å². The SMILES string of the molecule is CCOC(=O)C(Cc1ccc(OCCN2CC(C)=C(CC)C2=O)cc1)OC. The van der Waals surface area contributed by atoms with Gasteiger partial charge in [0.25, 0.3) is 0 Å². The van der Waals surface area contributed by atoms with E-state index in [0.29, 0.717) is 32.7 Å². The van der Waals surface area contributed by atoms with Gasteiger partial charge in [-0.15, -0.1) is 0 Å². The van der Waals surface area contributed by atoms with Crippen LogP contribution in [0.25, 0.3) is 0 Å². The van der Waals surface area contributed by atoms with Gasteiger partial charge in [-0.25, -0.2) is 4.79 Å². The van der Waals surface area contributed by atoms with Crippen LogP contribution in [0.1, 0.15) is 32.8 Å². The third-order valence-electron chi connectivity index (χ3n) is 4.65. The Morgan fingerprint density at radius 2 is 1.93 bits per heavy atom. The van der Waals surface area contributed by atoms with Crippen molar-refractivity contribution in [1.82, 2.24) is 4.90 Å². The van der Waals surface area contributed by atoms with Crippen LogP contribution in [0.2, 0.25) is 0 Å². The fourth-order valence-electron chi connectivity index (χ4n) is 3.17. The zero-order valence-electron chi connectivity index (χ0n) is 16.6. The first kappa shape index (κ1) is 21.0. The highest BCUT2D eigenvalue weighted by atomic mass is 16.6. The van der Waals surface area contributed by atoms with Crippen LogP contribution in [0, 0.1) is 0 Å². The van der Waals surface area contributed by atoms with Gasteiger partial charge in [0.1, 0.15) is 12.4 Å². The van der Waals surface area contributed by atoms with Crippen LogP contribution >= 0.6 is 0 Å². The summed E-state index contributed by atoms with van der Waals surface area (Å²) in [5.74, 6) is 0.500. The maximum atomic E-state index is 12.2. The molecule has 0 aliphatic carbocycles. The number of hydrogen-bond donors (Lipinski definition) is 0. The Morgan fingerprint density at radius 1 is 1.22 bits per heavy atom. The summed E-state index contributed by atoms with van der Waals surface area (Å²) in [5.41, 5.74) is 3.04. The number of methoxy groups -OCH3 is 1. The first-order valence-corrected chi connectivity index (χ1v) is 9.39. The molecule has 1 aromatic rings. The van der Waals surface area contributed by atoms with Crippen LogP contribution in [0.5, 0.6) is 5.75 Å². The molecule has 148 valence electrons. The van der Waals surface area contributed by atoms with Gasteiger partial charge in [-0.1, -0.05) is 19.1 Å². The van der Waals surface area contributed by atoms with Crippen LogP contribution in [-0.4, -0.2) is 56.3 Å². The van der Waals surface area contributed by atoms with Crippen molar-refractivity contribution in [3.05, 3.63) is 41.0 Å². The second-order valence-corrected chi connectivity index (χ2v) is 6.51. The fraction of sp³-hybridized carbons (Fsp3) is 0.524. The van der Waals surface area contributed by atoms with E-state index in [1.54, 1.807) is 6.92 Å². The molecule has 1 amide bonds. The first-order valence-electron chi connectivity index (χ1n) is 9.39. The zero-order valence-corrected chi connectivity index (χ0v) is 16.6. The van der Waals surface area contributed by atoms with Crippen molar-refractivity contribution in [2.45, 2.75) is 39.7 Å². The molecule has 0 radical (unpaired) electrons. The van der Waals surface area contributed by atoms with E-state index in [2.05, 4.69) is 0 Å². The van der Waals surface area contributed by atoms with Crippen molar-refractivity contribution in [2.24, 2.45) is 0 Å². The lowest BCUT2D eigenvalue weighted by atomic mass is 10.1. The summed E-state index contributed by atoms with van der Waals surface area (Å²) < 4.78 is 16.0. The smallest absolute Gasteiger partial charge is 0.335 e. The van der Waals surface area contributed by atoms with E-state index in [1.165, 1.54) is 7.11 Å². The second kappa shape index (κ2) is 10.1. The molecule has 1 aromatic carbocycles. The molecular formula is C21H29NO5. The molecule has 0 saturated heterocycles. The lowest BCUT2D eigenvalue weighted by molar-refractivity contribution is -0.154. The topological polar surface area (TPSA) is 65.1 Å². The molecule has 6 heteroatoms. The molecule has 0 saturated carbocycles. The number of benzene rings is 1. The van der Waals surface area contributed by atoms with Gasteiger partial charge < -0.3 is 19.1 Å². The molecule has 1 heterocycles. The molecule has 1 aliphatic heterocycles. The first-order chi connectivity index (χ1) is 13.0.